The Kier molecular flexibility index (Phi) is 5.39. The van der Waals surface area contributed by atoms with Gasteiger partial charge in [-0.1, -0.05) is 19.8 Å². The Balaban J connectivity index is 1.89. The molecule has 110 valence electrons. The maximum Gasteiger partial charge on any atom is 0.356 e. The Morgan fingerprint density at radius 3 is 2.80 bits per heavy atom. The second-order valence-corrected chi connectivity index (χ2v) is 5.57. The van der Waals surface area contributed by atoms with Crippen LogP contribution in [0.15, 0.2) is 18.3 Å². The van der Waals surface area contributed by atoms with Crippen LogP contribution >= 0.6 is 0 Å². The Hall–Kier alpha value is -1.58. The first kappa shape index (κ1) is 14.8. The number of nitrogens with zero attached hydrogens (tertiary/aromatic N) is 1. The fourth-order valence-electron chi connectivity index (χ4n) is 2.98. The van der Waals surface area contributed by atoms with Crippen LogP contribution in [-0.4, -0.2) is 24.1 Å². The summed E-state index contributed by atoms with van der Waals surface area (Å²) in [4.78, 5) is 15.5. The van der Waals surface area contributed by atoms with Crippen LogP contribution in [0.1, 0.15) is 55.9 Å². The molecule has 1 N–H and O–H groups in total. The summed E-state index contributed by atoms with van der Waals surface area (Å²) >= 11 is 0. The monoisotopic (exact) mass is 276 g/mol. The molecule has 4 nitrogen and oxygen atoms in total. The van der Waals surface area contributed by atoms with Crippen LogP contribution < -0.4 is 5.32 Å². The van der Waals surface area contributed by atoms with Gasteiger partial charge in [0.2, 0.25) is 0 Å². The van der Waals surface area contributed by atoms with Crippen molar-refractivity contribution in [2.45, 2.75) is 51.5 Å². The van der Waals surface area contributed by atoms with Gasteiger partial charge in [-0.15, -0.1) is 0 Å². The second-order valence-electron chi connectivity index (χ2n) is 5.57. The standard InChI is InChI=1S/C16H24N2O2/c1-3-4-12-5-7-13(8-6-12)18-14-9-10-17-15(11-14)16(19)20-2/h9-13H,3-8H2,1-2H3,(H,17,18). The molecule has 2 rings (SSSR count). The number of rotatable bonds is 5. The minimum absolute atomic E-state index is 0.358. The zero-order chi connectivity index (χ0) is 14.4. The number of hydrogen-bond acceptors (Lipinski definition) is 4. The highest BCUT2D eigenvalue weighted by Crippen LogP contribution is 2.29. The highest BCUT2D eigenvalue weighted by atomic mass is 16.5. The van der Waals surface area contributed by atoms with Crippen LogP contribution in [-0.2, 0) is 4.74 Å². The molecule has 0 unspecified atom stereocenters. The molecule has 0 amide bonds. The molecule has 20 heavy (non-hydrogen) atoms. The van der Waals surface area contributed by atoms with Gasteiger partial charge in [-0.25, -0.2) is 9.78 Å². The molecule has 0 radical (unpaired) electrons. The van der Waals surface area contributed by atoms with Crippen molar-refractivity contribution >= 4 is 11.7 Å². The molecule has 1 heterocycles. The van der Waals surface area contributed by atoms with E-state index in [1.54, 1.807) is 12.3 Å². The average Bonchev–Trinajstić information content (AvgIpc) is 2.49. The van der Waals surface area contributed by atoms with E-state index in [1.807, 2.05) is 6.07 Å². The van der Waals surface area contributed by atoms with Gasteiger partial charge in [-0.2, -0.15) is 0 Å². The minimum atomic E-state index is -0.389. The third-order valence-electron chi connectivity index (χ3n) is 4.07. The number of hydrogen-bond donors (Lipinski definition) is 1. The summed E-state index contributed by atoms with van der Waals surface area (Å²) in [6, 6.07) is 4.19. The summed E-state index contributed by atoms with van der Waals surface area (Å²) in [5.41, 5.74) is 1.32. The molecule has 1 fully saturated rings. The van der Waals surface area contributed by atoms with Gasteiger partial charge in [0.1, 0.15) is 5.69 Å². The summed E-state index contributed by atoms with van der Waals surface area (Å²) in [5.74, 6) is 0.515. The first-order valence-electron chi connectivity index (χ1n) is 7.53. The van der Waals surface area contributed by atoms with Crippen molar-refractivity contribution in [3.05, 3.63) is 24.0 Å². The molecule has 0 atom stereocenters. The summed E-state index contributed by atoms with van der Waals surface area (Å²) in [7, 11) is 1.37. The molecule has 1 aromatic rings. The van der Waals surface area contributed by atoms with Crippen LogP contribution in [0.3, 0.4) is 0 Å². The molecular formula is C16H24N2O2. The van der Waals surface area contributed by atoms with E-state index in [0.717, 1.165) is 11.6 Å². The molecule has 1 aliphatic rings. The van der Waals surface area contributed by atoms with Gasteiger partial charge in [0.15, 0.2) is 0 Å². The lowest BCUT2D eigenvalue weighted by molar-refractivity contribution is 0.0594. The Morgan fingerprint density at radius 1 is 1.40 bits per heavy atom. The molecule has 0 aromatic carbocycles. The largest absolute Gasteiger partial charge is 0.464 e. The number of pyridine rings is 1. The maximum atomic E-state index is 11.5. The van der Waals surface area contributed by atoms with Crippen LogP contribution in [0.2, 0.25) is 0 Å². The Bertz CT molecular complexity index is 440. The van der Waals surface area contributed by atoms with Gasteiger partial charge in [-0.3, -0.25) is 0 Å². The van der Waals surface area contributed by atoms with Crippen molar-refractivity contribution < 1.29 is 9.53 Å². The molecule has 1 aliphatic carbocycles. The van der Waals surface area contributed by atoms with Crippen molar-refractivity contribution in [3.8, 4) is 0 Å². The second kappa shape index (κ2) is 7.27. The normalized spacial score (nSPS) is 22.3. The number of anilines is 1. The first-order chi connectivity index (χ1) is 9.72. The van der Waals surface area contributed by atoms with Crippen LogP contribution in [0.5, 0.6) is 0 Å². The van der Waals surface area contributed by atoms with Crippen molar-refractivity contribution in [2.75, 3.05) is 12.4 Å². The van der Waals surface area contributed by atoms with E-state index in [0.29, 0.717) is 11.7 Å². The van der Waals surface area contributed by atoms with Gasteiger partial charge >= 0.3 is 5.97 Å². The van der Waals surface area contributed by atoms with Gasteiger partial charge in [0.05, 0.1) is 7.11 Å². The molecule has 4 heteroatoms. The lowest BCUT2D eigenvalue weighted by atomic mass is 9.83. The van der Waals surface area contributed by atoms with Crippen molar-refractivity contribution in [3.63, 3.8) is 0 Å². The highest BCUT2D eigenvalue weighted by Gasteiger charge is 2.20. The summed E-state index contributed by atoms with van der Waals surface area (Å²) < 4.78 is 4.69. The average molecular weight is 276 g/mol. The fraction of sp³-hybridized carbons (Fsp3) is 0.625. The molecule has 0 spiro atoms. The van der Waals surface area contributed by atoms with E-state index in [4.69, 9.17) is 4.74 Å². The quantitative estimate of drug-likeness (QED) is 0.834. The lowest BCUT2D eigenvalue weighted by Gasteiger charge is -2.29. The molecule has 1 aromatic heterocycles. The summed E-state index contributed by atoms with van der Waals surface area (Å²) in [6.45, 7) is 2.26. The number of nitrogens with one attached hydrogen (secondary N) is 1. The minimum Gasteiger partial charge on any atom is -0.464 e. The van der Waals surface area contributed by atoms with Gasteiger partial charge in [0.25, 0.3) is 0 Å². The van der Waals surface area contributed by atoms with Crippen LogP contribution in [0.25, 0.3) is 0 Å². The van der Waals surface area contributed by atoms with Crippen LogP contribution in [0.4, 0.5) is 5.69 Å². The highest BCUT2D eigenvalue weighted by molar-refractivity contribution is 5.88. The fourth-order valence-corrected chi connectivity index (χ4v) is 2.98. The lowest BCUT2D eigenvalue weighted by Crippen LogP contribution is -2.26. The molecule has 0 bridgehead atoms. The number of esters is 1. The van der Waals surface area contributed by atoms with Crippen molar-refractivity contribution in [2.24, 2.45) is 5.92 Å². The van der Waals surface area contributed by atoms with Gasteiger partial charge < -0.3 is 10.1 Å². The number of carbonyl (C=O) groups excluding carboxylic acids is 1. The third-order valence-corrected chi connectivity index (χ3v) is 4.07. The topological polar surface area (TPSA) is 51.2 Å². The zero-order valence-electron chi connectivity index (χ0n) is 12.4. The van der Waals surface area contributed by atoms with E-state index >= 15 is 0 Å². The Morgan fingerprint density at radius 2 is 2.15 bits per heavy atom. The number of methoxy groups -OCH3 is 1. The smallest absolute Gasteiger partial charge is 0.356 e. The van der Waals surface area contributed by atoms with E-state index in [9.17, 15) is 4.79 Å². The summed E-state index contributed by atoms with van der Waals surface area (Å²) in [6.07, 6.45) is 9.32. The molecule has 1 saturated carbocycles. The van der Waals surface area contributed by atoms with Crippen molar-refractivity contribution in [1.82, 2.24) is 4.98 Å². The Labute approximate surface area is 120 Å². The molecular weight excluding hydrogens is 252 g/mol. The first-order valence-corrected chi connectivity index (χ1v) is 7.53. The van der Waals surface area contributed by atoms with Crippen LogP contribution in [0, 0.1) is 5.92 Å². The zero-order valence-corrected chi connectivity index (χ0v) is 12.4. The number of carbonyl (C=O) groups is 1. The van der Waals surface area contributed by atoms with Gasteiger partial charge in [0, 0.05) is 17.9 Å². The molecule has 0 aliphatic heterocycles. The number of aromatic nitrogens is 1. The molecule has 0 saturated heterocycles. The number of ether oxygens (including phenoxy) is 1. The summed E-state index contributed by atoms with van der Waals surface area (Å²) in [5, 5.41) is 3.52. The van der Waals surface area contributed by atoms with E-state index in [-0.39, 0.29) is 5.97 Å². The van der Waals surface area contributed by atoms with E-state index in [2.05, 4.69) is 17.2 Å². The van der Waals surface area contributed by atoms with E-state index < -0.39 is 0 Å². The predicted molar refractivity (Wildman–Crippen MR) is 79.9 cm³/mol. The third kappa shape index (κ3) is 3.95. The van der Waals surface area contributed by atoms with E-state index in [1.165, 1.54) is 45.6 Å². The SMILES string of the molecule is CCCC1CCC(Nc2ccnc(C(=O)OC)c2)CC1. The predicted octanol–water partition coefficient (Wildman–Crippen LogP) is 3.64. The van der Waals surface area contributed by atoms with Gasteiger partial charge in [-0.05, 0) is 43.7 Å². The van der Waals surface area contributed by atoms with Crippen molar-refractivity contribution in [1.29, 1.82) is 0 Å². The maximum absolute atomic E-state index is 11.5.